The molecule has 0 amide bonds. The zero-order chi connectivity index (χ0) is 8.55. The third-order valence-corrected chi connectivity index (χ3v) is 2.20. The summed E-state index contributed by atoms with van der Waals surface area (Å²) in [6, 6.07) is 6.35. The van der Waals surface area contributed by atoms with Crippen molar-refractivity contribution in [1.82, 2.24) is 0 Å². The number of anilines is 1. The van der Waals surface area contributed by atoms with Crippen LogP contribution in [0.15, 0.2) is 18.2 Å². The molecule has 12 heavy (non-hydrogen) atoms. The van der Waals surface area contributed by atoms with Crippen molar-refractivity contribution in [2.75, 3.05) is 25.1 Å². The summed E-state index contributed by atoms with van der Waals surface area (Å²) in [5.41, 5.74) is 2.47. The lowest BCUT2D eigenvalue weighted by Crippen LogP contribution is -1.93. The lowest BCUT2D eigenvalue weighted by atomic mass is 10.2. The fourth-order valence-corrected chi connectivity index (χ4v) is 1.31. The summed E-state index contributed by atoms with van der Waals surface area (Å²) in [6.45, 7) is 4.43. The average Bonchev–Trinajstić information content (AvgIpc) is 2.88. The zero-order valence-electron chi connectivity index (χ0n) is 7.50. The summed E-state index contributed by atoms with van der Waals surface area (Å²) in [4.78, 5) is 2.31. The Hall–Kier alpha value is -1.18. The van der Waals surface area contributed by atoms with Gasteiger partial charge in [0.15, 0.2) is 0 Å². The van der Waals surface area contributed by atoms with Crippen molar-refractivity contribution >= 4 is 5.69 Å². The van der Waals surface area contributed by atoms with Crippen LogP contribution >= 0.6 is 0 Å². The molecule has 1 saturated heterocycles. The van der Waals surface area contributed by atoms with Crippen LogP contribution in [0.25, 0.3) is 0 Å². The topological polar surface area (TPSA) is 12.2 Å². The Morgan fingerprint density at radius 3 is 2.67 bits per heavy atom. The summed E-state index contributed by atoms with van der Waals surface area (Å²) in [6.07, 6.45) is 0. The van der Waals surface area contributed by atoms with Gasteiger partial charge in [0, 0.05) is 24.8 Å². The number of nitrogens with zero attached hydrogens (tertiary/aromatic N) is 1. The monoisotopic (exact) mass is 163 g/mol. The van der Waals surface area contributed by atoms with E-state index in [-0.39, 0.29) is 0 Å². The molecule has 2 rings (SSSR count). The fourth-order valence-electron chi connectivity index (χ4n) is 1.31. The molecule has 0 bridgehead atoms. The second-order valence-electron chi connectivity index (χ2n) is 3.14. The first kappa shape index (κ1) is 7.47. The van der Waals surface area contributed by atoms with Gasteiger partial charge in [0.25, 0.3) is 0 Å². The SMILES string of the molecule is COc1cc(N2CC2)ccc1C. The largest absolute Gasteiger partial charge is 0.496 e. The molecule has 0 unspecified atom stereocenters. The number of hydrogen-bond donors (Lipinski definition) is 0. The molecule has 2 nitrogen and oxygen atoms in total. The van der Waals surface area contributed by atoms with Crippen LogP contribution in [0.2, 0.25) is 0 Å². The molecule has 1 aliphatic rings. The molecule has 0 aromatic heterocycles. The minimum absolute atomic E-state index is 0.986. The maximum Gasteiger partial charge on any atom is 0.123 e. The van der Waals surface area contributed by atoms with Gasteiger partial charge in [-0.05, 0) is 18.6 Å². The van der Waals surface area contributed by atoms with E-state index < -0.39 is 0 Å². The van der Waals surface area contributed by atoms with Crippen LogP contribution in [0.5, 0.6) is 5.75 Å². The molecule has 0 spiro atoms. The van der Waals surface area contributed by atoms with Gasteiger partial charge in [-0.1, -0.05) is 6.07 Å². The number of rotatable bonds is 2. The Morgan fingerprint density at radius 2 is 2.08 bits per heavy atom. The lowest BCUT2D eigenvalue weighted by Gasteiger charge is -2.07. The molecule has 0 radical (unpaired) electrons. The van der Waals surface area contributed by atoms with E-state index in [1.54, 1.807) is 7.11 Å². The predicted octanol–water partition coefficient (Wildman–Crippen LogP) is 1.82. The number of benzene rings is 1. The van der Waals surface area contributed by atoms with Gasteiger partial charge in [0.1, 0.15) is 5.75 Å². The first-order valence-corrected chi connectivity index (χ1v) is 4.21. The molecule has 64 valence electrons. The van der Waals surface area contributed by atoms with E-state index in [1.807, 2.05) is 0 Å². The Labute approximate surface area is 72.8 Å². The maximum absolute atomic E-state index is 5.24. The minimum atomic E-state index is 0.986. The Bertz CT molecular complexity index is 292. The van der Waals surface area contributed by atoms with E-state index in [0.717, 1.165) is 5.75 Å². The van der Waals surface area contributed by atoms with Crippen molar-refractivity contribution in [1.29, 1.82) is 0 Å². The van der Waals surface area contributed by atoms with Gasteiger partial charge in [-0.15, -0.1) is 0 Å². The Morgan fingerprint density at radius 1 is 1.33 bits per heavy atom. The fraction of sp³-hybridized carbons (Fsp3) is 0.400. The number of aryl methyl sites for hydroxylation is 1. The molecule has 0 N–H and O–H groups in total. The molecule has 1 fully saturated rings. The normalized spacial score (nSPS) is 14.7. The van der Waals surface area contributed by atoms with Gasteiger partial charge in [-0.25, -0.2) is 0 Å². The summed E-state index contributed by atoms with van der Waals surface area (Å²) in [7, 11) is 1.72. The molecule has 0 aliphatic carbocycles. The standard InChI is InChI=1S/C10H13NO/c1-8-3-4-9(11-5-6-11)7-10(8)12-2/h3-4,7H,5-6H2,1-2H3. The number of hydrogen-bond acceptors (Lipinski definition) is 2. The number of ether oxygens (including phenoxy) is 1. The van der Waals surface area contributed by atoms with Crippen LogP contribution in [0.1, 0.15) is 5.56 Å². The van der Waals surface area contributed by atoms with E-state index >= 15 is 0 Å². The van der Waals surface area contributed by atoms with Crippen molar-refractivity contribution < 1.29 is 4.74 Å². The van der Waals surface area contributed by atoms with E-state index in [1.165, 1.54) is 24.3 Å². The highest BCUT2D eigenvalue weighted by molar-refractivity contribution is 5.56. The van der Waals surface area contributed by atoms with Crippen LogP contribution in [0.3, 0.4) is 0 Å². The molecule has 0 atom stereocenters. The molecule has 1 aliphatic heterocycles. The smallest absolute Gasteiger partial charge is 0.123 e. The highest BCUT2D eigenvalue weighted by atomic mass is 16.5. The van der Waals surface area contributed by atoms with E-state index in [2.05, 4.69) is 30.0 Å². The van der Waals surface area contributed by atoms with Gasteiger partial charge in [-0.3, -0.25) is 0 Å². The molecular weight excluding hydrogens is 150 g/mol. The van der Waals surface area contributed by atoms with Gasteiger partial charge < -0.3 is 9.64 Å². The molecule has 0 saturated carbocycles. The van der Waals surface area contributed by atoms with Crippen molar-refractivity contribution in [2.24, 2.45) is 0 Å². The van der Waals surface area contributed by atoms with E-state index in [0.29, 0.717) is 0 Å². The molecule has 2 heteroatoms. The van der Waals surface area contributed by atoms with Gasteiger partial charge in [0.05, 0.1) is 7.11 Å². The third kappa shape index (κ3) is 1.24. The first-order chi connectivity index (χ1) is 5.81. The van der Waals surface area contributed by atoms with Crippen LogP contribution in [0, 0.1) is 6.92 Å². The molecular formula is C10H13NO. The molecule has 1 aromatic rings. The Balaban J connectivity index is 2.33. The van der Waals surface area contributed by atoms with Gasteiger partial charge in [0.2, 0.25) is 0 Å². The number of methoxy groups -OCH3 is 1. The summed E-state index contributed by atoms with van der Waals surface area (Å²) in [5.74, 6) is 0.986. The van der Waals surface area contributed by atoms with Crippen LogP contribution in [-0.2, 0) is 0 Å². The molecule has 1 aromatic carbocycles. The summed E-state index contributed by atoms with van der Waals surface area (Å²) < 4.78 is 5.24. The second kappa shape index (κ2) is 2.70. The predicted molar refractivity (Wildman–Crippen MR) is 49.9 cm³/mol. The average molecular weight is 163 g/mol. The first-order valence-electron chi connectivity index (χ1n) is 4.21. The Kier molecular flexibility index (Phi) is 1.68. The van der Waals surface area contributed by atoms with Crippen LogP contribution in [-0.4, -0.2) is 20.2 Å². The summed E-state index contributed by atoms with van der Waals surface area (Å²) >= 11 is 0. The quantitative estimate of drug-likeness (QED) is 0.616. The van der Waals surface area contributed by atoms with Gasteiger partial charge in [-0.2, -0.15) is 0 Å². The lowest BCUT2D eigenvalue weighted by molar-refractivity contribution is 0.412. The maximum atomic E-state index is 5.24. The van der Waals surface area contributed by atoms with Crippen molar-refractivity contribution in [2.45, 2.75) is 6.92 Å². The van der Waals surface area contributed by atoms with E-state index in [9.17, 15) is 0 Å². The van der Waals surface area contributed by atoms with Crippen molar-refractivity contribution in [3.8, 4) is 5.75 Å². The summed E-state index contributed by atoms with van der Waals surface area (Å²) in [5, 5.41) is 0. The van der Waals surface area contributed by atoms with Crippen molar-refractivity contribution in [3.63, 3.8) is 0 Å². The highest BCUT2D eigenvalue weighted by Gasteiger charge is 2.18. The van der Waals surface area contributed by atoms with Crippen LogP contribution in [0.4, 0.5) is 5.69 Å². The van der Waals surface area contributed by atoms with Crippen molar-refractivity contribution in [3.05, 3.63) is 23.8 Å². The molecule has 1 heterocycles. The van der Waals surface area contributed by atoms with E-state index in [4.69, 9.17) is 4.74 Å². The highest BCUT2D eigenvalue weighted by Crippen LogP contribution is 2.27. The zero-order valence-corrected chi connectivity index (χ0v) is 7.50. The van der Waals surface area contributed by atoms with Crippen LogP contribution < -0.4 is 9.64 Å². The third-order valence-electron chi connectivity index (χ3n) is 2.20. The second-order valence-corrected chi connectivity index (χ2v) is 3.14. The minimum Gasteiger partial charge on any atom is -0.496 e. The van der Waals surface area contributed by atoms with Gasteiger partial charge >= 0.3 is 0 Å².